The van der Waals surface area contributed by atoms with Crippen LogP contribution in [0.2, 0.25) is 0 Å². The number of halogens is 1. The van der Waals surface area contributed by atoms with E-state index in [1.165, 1.54) is 29.6 Å². The summed E-state index contributed by atoms with van der Waals surface area (Å²) in [5.74, 6) is 0.0196. The summed E-state index contributed by atoms with van der Waals surface area (Å²) in [6, 6.07) is 5.88. The second kappa shape index (κ2) is 7.06. The third-order valence-electron chi connectivity index (χ3n) is 4.26. The topological polar surface area (TPSA) is 116 Å². The van der Waals surface area contributed by atoms with Gasteiger partial charge in [0.05, 0.1) is 18.8 Å². The Hall–Kier alpha value is -3.82. The van der Waals surface area contributed by atoms with Gasteiger partial charge in [-0.2, -0.15) is 5.10 Å². The smallest absolute Gasteiger partial charge is 0.416 e. The molecule has 0 unspecified atom stereocenters. The highest BCUT2D eigenvalue weighted by atomic mass is 19.1. The fourth-order valence-corrected chi connectivity index (χ4v) is 2.82. The SMILES string of the molecule is C[C@@H]1c2ncc(Oc3cccnn3)cc2OC(=O)N1Cc1ccnc(N)c1F. The van der Waals surface area contributed by atoms with Crippen LogP contribution in [-0.4, -0.2) is 31.2 Å². The number of rotatable bonds is 4. The summed E-state index contributed by atoms with van der Waals surface area (Å²) in [7, 11) is 0. The highest BCUT2D eigenvalue weighted by Gasteiger charge is 2.33. The number of aromatic nitrogens is 4. The van der Waals surface area contributed by atoms with Crippen molar-refractivity contribution in [1.82, 2.24) is 25.1 Å². The Morgan fingerprint density at radius 3 is 2.96 bits per heavy atom. The molecule has 10 heteroatoms. The second-order valence-electron chi connectivity index (χ2n) is 6.06. The van der Waals surface area contributed by atoms with E-state index in [0.29, 0.717) is 11.4 Å². The third kappa shape index (κ3) is 3.27. The normalized spacial score (nSPS) is 15.7. The first kappa shape index (κ1) is 17.6. The molecule has 28 heavy (non-hydrogen) atoms. The van der Waals surface area contributed by atoms with Gasteiger partial charge in [0.15, 0.2) is 23.1 Å². The summed E-state index contributed by atoms with van der Waals surface area (Å²) in [5, 5.41) is 7.55. The fraction of sp³-hybridized carbons (Fsp3) is 0.167. The number of nitrogens with zero attached hydrogens (tertiary/aromatic N) is 5. The number of nitrogens with two attached hydrogens (primary N) is 1. The minimum atomic E-state index is -0.658. The van der Waals surface area contributed by atoms with Crippen LogP contribution in [-0.2, 0) is 6.54 Å². The van der Waals surface area contributed by atoms with Crippen molar-refractivity contribution >= 4 is 11.9 Å². The van der Waals surface area contributed by atoms with Gasteiger partial charge < -0.3 is 15.2 Å². The summed E-state index contributed by atoms with van der Waals surface area (Å²) >= 11 is 0. The number of anilines is 1. The van der Waals surface area contributed by atoms with Crippen LogP contribution in [0.3, 0.4) is 0 Å². The molecule has 1 aliphatic heterocycles. The number of pyridine rings is 2. The van der Waals surface area contributed by atoms with Gasteiger partial charge in [-0.15, -0.1) is 5.10 Å². The number of ether oxygens (including phenoxy) is 2. The second-order valence-corrected chi connectivity index (χ2v) is 6.06. The Balaban J connectivity index is 1.58. The molecular formula is C18H15FN6O3. The van der Waals surface area contributed by atoms with Gasteiger partial charge in [-0.05, 0) is 19.1 Å². The molecule has 1 amide bonds. The van der Waals surface area contributed by atoms with Gasteiger partial charge in [0.2, 0.25) is 5.88 Å². The summed E-state index contributed by atoms with van der Waals surface area (Å²) in [5.41, 5.74) is 6.26. The van der Waals surface area contributed by atoms with Crippen LogP contribution < -0.4 is 15.2 Å². The maximum atomic E-state index is 14.2. The first-order chi connectivity index (χ1) is 13.5. The van der Waals surface area contributed by atoms with Crippen LogP contribution in [0.4, 0.5) is 15.0 Å². The lowest BCUT2D eigenvalue weighted by Gasteiger charge is -2.33. The first-order valence-corrected chi connectivity index (χ1v) is 8.35. The lowest BCUT2D eigenvalue weighted by Crippen LogP contribution is -2.39. The van der Waals surface area contributed by atoms with Crippen molar-refractivity contribution in [3.8, 4) is 17.4 Å². The van der Waals surface area contributed by atoms with Crippen LogP contribution in [0.15, 0.2) is 42.9 Å². The third-order valence-corrected chi connectivity index (χ3v) is 4.26. The van der Waals surface area contributed by atoms with Gasteiger partial charge in [-0.25, -0.2) is 14.2 Å². The monoisotopic (exact) mass is 382 g/mol. The van der Waals surface area contributed by atoms with Crippen molar-refractivity contribution in [2.45, 2.75) is 19.5 Å². The van der Waals surface area contributed by atoms with E-state index in [1.807, 2.05) is 0 Å². The summed E-state index contributed by atoms with van der Waals surface area (Å²) < 4.78 is 25.1. The van der Waals surface area contributed by atoms with Gasteiger partial charge in [-0.1, -0.05) is 0 Å². The van der Waals surface area contributed by atoms with Crippen molar-refractivity contribution in [3.05, 3.63) is 59.9 Å². The van der Waals surface area contributed by atoms with Gasteiger partial charge in [0, 0.05) is 30.1 Å². The number of amides is 1. The number of carbonyl (C=O) groups excluding carboxylic acids is 1. The van der Waals surface area contributed by atoms with E-state index in [4.69, 9.17) is 15.2 Å². The van der Waals surface area contributed by atoms with Crippen molar-refractivity contribution in [2.24, 2.45) is 0 Å². The van der Waals surface area contributed by atoms with Gasteiger partial charge in [-0.3, -0.25) is 9.88 Å². The van der Waals surface area contributed by atoms with Gasteiger partial charge in [0.25, 0.3) is 0 Å². The predicted molar refractivity (Wildman–Crippen MR) is 94.9 cm³/mol. The maximum absolute atomic E-state index is 14.2. The van der Waals surface area contributed by atoms with Gasteiger partial charge in [0.1, 0.15) is 5.69 Å². The van der Waals surface area contributed by atoms with E-state index >= 15 is 0 Å². The quantitative estimate of drug-likeness (QED) is 0.732. The summed E-state index contributed by atoms with van der Waals surface area (Å²) in [6.07, 6.45) is 3.77. The predicted octanol–water partition coefficient (Wildman–Crippen LogP) is 2.86. The number of hydrogen-bond acceptors (Lipinski definition) is 8. The zero-order valence-corrected chi connectivity index (χ0v) is 14.7. The Morgan fingerprint density at radius 1 is 1.32 bits per heavy atom. The molecule has 1 atom stereocenters. The molecule has 3 aromatic rings. The summed E-state index contributed by atoms with van der Waals surface area (Å²) in [4.78, 5) is 21.9. The number of hydrogen-bond donors (Lipinski definition) is 1. The van der Waals surface area contributed by atoms with Crippen molar-refractivity contribution in [3.63, 3.8) is 0 Å². The van der Waals surface area contributed by atoms with E-state index in [2.05, 4.69) is 20.2 Å². The molecule has 0 aromatic carbocycles. The largest absolute Gasteiger partial charge is 0.436 e. The Bertz CT molecular complexity index is 1030. The molecule has 0 bridgehead atoms. The van der Waals surface area contributed by atoms with Crippen molar-refractivity contribution in [2.75, 3.05) is 5.73 Å². The molecule has 9 nitrogen and oxygen atoms in total. The molecule has 1 aliphatic rings. The average Bonchev–Trinajstić information content (AvgIpc) is 2.69. The van der Waals surface area contributed by atoms with Crippen molar-refractivity contribution < 1.29 is 18.7 Å². The van der Waals surface area contributed by atoms with Crippen LogP contribution in [0.1, 0.15) is 24.2 Å². The molecular weight excluding hydrogens is 367 g/mol. The molecule has 0 aliphatic carbocycles. The Morgan fingerprint density at radius 2 is 2.18 bits per heavy atom. The maximum Gasteiger partial charge on any atom is 0.416 e. The average molecular weight is 382 g/mol. The standard InChI is InChI=1S/C18H15FN6O3/c1-10-16-13(7-12(8-22-16)27-14-3-2-5-23-24-14)28-18(26)25(10)9-11-4-6-21-17(20)15(11)19/h2-8,10H,9H2,1H3,(H2,20,21)/t10-/m1/s1. The molecule has 4 heterocycles. The minimum Gasteiger partial charge on any atom is -0.436 e. The lowest BCUT2D eigenvalue weighted by molar-refractivity contribution is 0.114. The van der Waals surface area contributed by atoms with Crippen LogP contribution in [0.5, 0.6) is 17.4 Å². The highest BCUT2D eigenvalue weighted by molar-refractivity contribution is 5.74. The van der Waals surface area contributed by atoms with Crippen LogP contribution >= 0.6 is 0 Å². The van der Waals surface area contributed by atoms with Gasteiger partial charge >= 0.3 is 6.09 Å². The van der Waals surface area contributed by atoms with Crippen LogP contribution in [0.25, 0.3) is 0 Å². The zero-order valence-electron chi connectivity index (χ0n) is 14.7. The van der Waals surface area contributed by atoms with E-state index in [1.54, 1.807) is 25.1 Å². The van der Waals surface area contributed by atoms with E-state index in [-0.39, 0.29) is 29.6 Å². The fourth-order valence-electron chi connectivity index (χ4n) is 2.82. The lowest BCUT2D eigenvalue weighted by atomic mass is 10.1. The Kier molecular flexibility index (Phi) is 4.44. The number of nitrogen functional groups attached to an aromatic ring is 1. The molecule has 0 saturated heterocycles. The van der Waals surface area contributed by atoms with E-state index in [9.17, 15) is 9.18 Å². The summed E-state index contributed by atoms with van der Waals surface area (Å²) in [6.45, 7) is 1.75. The molecule has 2 N–H and O–H groups in total. The molecule has 4 rings (SSSR count). The van der Waals surface area contributed by atoms with Crippen LogP contribution in [0, 0.1) is 5.82 Å². The highest BCUT2D eigenvalue weighted by Crippen LogP contribution is 2.37. The van der Waals surface area contributed by atoms with E-state index < -0.39 is 18.0 Å². The first-order valence-electron chi connectivity index (χ1n) is 8.35. The molecule has 3 aromatic heterocycles. The minimum absolute atomic E-state index is 0.0302. The molecule has 0 radical (unpaired) electrons. The number of fused-ring (bicyclic) bond motifs is 1. The Labute approximate surface area is 159 Å². The van der Waals surface area contributed by atoms with E-state index in [0.717, 1.165) is 0 Å². The molecule has 0 saturated carbocycles. The zero-order chi connectivity index (χ0) is 19.7. The molecule has 0 fully saturated rings. The molecule has 142 valence electrons. The number of carbonyl (C=O) groups is 1. The molecule has 0 spiro atoms. The van der Waals surface area contributed by atoms with Crippen molar-refractivity contribution in [1.29, 1.82) is 0 Å².